The maximum Gasteiger partial charge on any atom is 0.613 e. The van der Waals surface area contributed by atoms with E-state index in [2.05, 4.69) is 4.52 Å². The summed E-state index contributed by atoms with van der Waals surface area (Å²) in [5.41, 5.74) is 0.479. The first kappa shape index (κ1) is 12.0. The molecule has 1 heterocycles. The molecule has 90 valence electrons. The van der Waals surface area contributed by atoms with Crippen molar-refractivity contribution >= 4 is 19.1 Å². The van der Waals surface area contributed by atoms with Crippen LogP contribution < -0.4 is 10.1 Å². The summed E-state index contributed by atoms with van der Waals surface area (Å²) in [6.45, 7) is 1.75. The Morgan fingerprint density at radius 2 is 1.94 bits per heavy atom. The van der Waals surface area contributed by atoms with E-state index in [0.717, 1.165) is 5.56 Å². The van der Waals surface area contributed by atoms with Gasteiger partial charge in [0.25, 0.3) is 0 Å². The van der Waals surface area contributed by atoms with Gasteiger partial charge in [-0.2, -0.15) is 14.7 Å². The maximum absolute atomic E-state index is 11.2. The number of benzene rings is 1. The Hall–Kier alpha value is -1.46. The van der Waals surface area contributed by atoms with E-state index in [1.807, 2.05) is 0 Å². The lowest BCUT2D eigenvalue weighted by atomic mass is 10.1. The van der Waals surface area contributed by atoms with Crippen LogP contribution in [-0.2, 0) is 0 Å². The average molecular weight is 257 g/mol. The van der Waals surface area contributed by atoms with Crippen molar-refractivity contribution < 1.29 is 23.6 Å². The van der Waals surface area contributed by atoms with E-state index in [4.69, 9.17) is 19.1 Å². The smallest absolute Gasteiger partial charge is 0.423 e. The van der Waals surface area contributed by atoms with Gasteiger partial charge in [-0.15, -0.1) is 0 Å². The van der Waals surface area contributed by atoms with Crippen LogP contribution in [0.4, 0.5) is 0 Å². The lowest BCUT2D eigenvalue weighted by Gasteiger charge is -2.05. The Bertz CT molecular complexity index is 612. The fourth-order valence-corrected chi connectivity index (χ4v) is 1.90. The second-order valence-corrected chi connectivity index (χ2v) is 4.72. The summed E-state index contributed by atoms with van der Waals surface area (Å²) in [4.78, 5) is 37.4. The van der Waals surface area contributed by atoms with Gasteiger partial charge in [0.1, 0.15) is 5.58 Å². The van der Waals surface area contributed by atoms with Gasteiger partial charge in [0.2, 0.25) is 0 Å². The third-order valence-corrected chi connectivity index (χ3v) is 2.61. The van der Waals surface area contributed by atoms with Crippen molar-refractivity contribution in [1.82, 2.24) is 0 Å². The Labute approximate surface area is 96.4 Å². The Balaban J connectivity index is 2.54. The topological polar surface area (TPSA) is 100 Å². The van der Waals surface area contributed by atoms with Gasteiger partial charge in [-0.25, -0.2) is 4.79 Å². The minimum absolute atomic E-state index is 0.00656. The van der Waals surface area contributed by atoms with Crippen molar-refractivity contribution in [3.05, 3.63) is 40.2 Å². The van der Waals surface area contributed by atoms with Crippen molar-refractivity contribution in [2.24, 2.45) is 0 Å². The van der Waals surface area contributed by atoms with E-state index < -0.39 is 13.8 Å². The molecule has 0 fully saturated rings. The van der Waals surface area contributed by atoms with Crippen LogP contribution in [0.25, 0.3) is 11.0 Å². The van der Waals surface area contributed by atoms with Crippen LogP contribution in [-0.4, -0.2) is 14.7 Å². The molecule has 0 unspecified atom stereocenters. The van der Waals surface area contributed by atoms with Crippen molar-refractivity contribution in [1.29, 1.82) is 0 Å². The SMILES string of the molecule is Cc1cc(=O)oc2cc(O[P+](O)(O)O)ccc12. The van der Waals surface area contributed by atoms with Crippen LogP contribution in [0.3, 0.4) is 0 Å². The van der Waals surface area contributed by atoms with Gasteiger partial charge in [0.15, 0.2) is 5.75 Å². The lowest BCUT2D eigenvalue weighted by Crippen LogP contribution is -2.00. The predicted octanol–water partition coefficient (Wildman–Crippen LogP) is 1.13. The lowest BCUT2D eigenvalue weighted by molar-refractivity contribution is 0.238. The molecule has 2 rings (SSSR count). The van der Waals surface area contributed by atoms with E-state index in [1.165, 1.54) is 18.2 Å². The minimum atomic E-state index is -4.36. The molecule has 0 aliphatic carbocycles. The molecule has 1 aromatic carbocycles. The Morgan fingerprint density at radius 1 is 1.24 bits per heavy atom. The molecule has 0 atom stereocenters. The highest BCUT2D eigenvalue weighted by atomic mass is 31.2. The number of hydrogen-bond acceptors (Lipinski definition) is 6. The fraction of sp³-hybridized carbons (Fsp3) is 0.100. The van der Waals surface area contributed by atoms with Crippen molar-refractivity contribution in [2.75, 3.05) is 0 Å². The van der Waals surface area contributed by atoms with Crippen LogP contribution in [0.1, 0.15) is 5.56 Å². The second kappa shape index (κ2) is 4.09. The zero-order chi connectivity index (χ0) is 12.6. The summed E-state index contributed by atoms with van der Waals surface area (Å²) in [6, 6.07) is 5.69. The van der Waals surface area contributed by atoms with E-state index in [-0.39, 0.29) is 11.3 Å². The molecule has 0 bridgehead atoms. The third kappa shape index (κ3) is 2.81. The van der Waals surface area contributed by atoms with Crippen LogP contribution >= 0.6 is 8.17 Å². The van der Waals surface area contributed by atoms with E-state index in [9.17, 15) is 4.79 Å². The summed E-state index contributed by atoms with van der Waals surface area (Å²) in [5, 5.41) is 0.703. The zero-order valence-corrected chi connectivity index (χ0v) is 9.72. The van der Waals surface area contributed by atoms with Gasteiger partial charge >= 0.3 is 13.8 Å². The molecule has 7 heteroatoms. The third-order valence-electron chi connectivity index (χ3n) is 2.15. The molecule has 17 heavy (non-hydrogen) atoms. The van der Waals surface area contributed by atoms with Gasteiger partial charge in [-0.05, 0) is 24.6 Å². The maximum atomic E-state index is 11.2. The molecule has 0 saturated carbocycles. The first-order valence-electron chi connectivity index (χ1n) is 4.66. The van der Waals surface area contributed by atoms with Gasteiger partial charge in [-0.1, -0.05) is 0 Å². The largest absolute Gasteiger partial charge is 0.613 e. The molecule has 1 aromatic heterocycles. The molecule has 0 radical (unpaired) electrons. The molecule has 3 N–H and O–H groups in total. The standard InChI is InChI=1S/C10H10O6P/c1-6-4-10(11)15-9-5-7(2-3-8(6)9)16-17(12,13)14/h2-5,12-14H,1H3/q+1. The molecule has 0 saturated heterocycles. The summed E-state index contributed by atoms with van der Waals surface area (Å²) in [7, 11) is -4.36. The number of hydrogen-bond donors (Lipinski definition) is 3. The minimum Gasteiger partial charge on any atom is -0.423 e. The van der Waals surface area contributed by atoms with Crippen molar-refractivity contribution in [3.8, 4) is 5.75 Å². The highest BCUT2D eigenvalue weighted by molar-refractivity contribution is 7.53. The summed E-state index contributed by atoms with van der Waals surface area (Å²) < 4.78 is 9.43. The fourth-order valence-electron chi connectivity index (χ4n) is 1.50. The van der Waals surface area contributed by atoms with Gasteiger partial charge in [0, 0.05) is 17.5 Å². The first-order valence-corrected chi connectivity index (χ1v) is 6.23. The molecular formula is C10H10O6P+. The van der Waals surface area contributed by atoms with Crippen LogP contribution in [0.15, 0.2) is 33.5 Å². The molecule has 0 spiro atoms. The number of rotatable bonds is 2. The highest BCUT2D eigenvalue weighted by Gasteiger charge is 2.34. The van der Waals surface area contributed by atoms with E-state index >= 15 is 0 Å². The van der Waals surface area contributed by atoms with Gasteiger partial charge in [0.05, 0.1) is 0 Å². The molecule has 2 aromatic rings. The summed E-state index contributed by atoms with van der Waals surface area (Å²) in [5.74, 6) is 0.00656. The van der Waals surface area contributed by atoms with Crippen LogP contribution in [0, 0.1) is 6.92 Å². The van der Waals surface area contributed by atoms with E-state index in [1.54, 1.807) is 13.0 Å². The first-order chi connectivity index (χ1) is 7.85. The summed E-state index contributed by atoms with van der Waals surface area (Å²) in [6.07, 6.45) is 0. The van der Waals surface area contributed by atoms with E-state index in [0.29, 0.717) is 5.39 Å². The number of aryl methyl sites for hydroxylation is 1. The van der Waals surface area contributed by atoms with Crippen molar-refractivity contribution in [3.63, 3.8) is 0 Å². The summed E-state index contributed by atoms with van der Waals surface area (Å²) >= 11 is 0. The average Bonchev–Trinajstić information content (AvgIpc) is 2.13. The molecule has 0 amide bonds. The van der Waals surface area contributed by atoms with Crippen molar-refractivity contribution in [2.45, 2.75) is 6.92 Å². The monoisotopic (exact) mass is 257 g/mol. The highest BCUT2D eigenvalue weighted by Crippen LogP contribution is 2.46. The number of fused-ring (bicyclic) bond motifs is 1. The molecule has 6 nitrogen and oxygen atoms in total. The Kier molecular flexibility index (Phi) is 2.89. The predicted molar refractivity (Wildman–Crippen MR) is 61.4 cm³/mol. The van der Waals surface area contributed by atoms with Crippen LogP contribution in [0.2, 0.25) is 0 Å². The second-order valence-electron chi connectivity index (χ2n) is 3.51. The molecule has 0 aliphatic rings. The van der Waals surface area contributed by atoms with Crippen LogP contribution in [0.5, 0.6) is 5.75 Å². The van der Waals surface area contributed by atoms with Gasteiger partial charge < -0.3 is 4.42 Å². The quantitative estimate of drug-likeness (QED) is 0.551. The normalized spacial score (nSPS) is 11.8. The molecule has 0 aliphatic heterocycles. The zero-order valence-electron chi connectivity index (χ0n) is 8.82. The molecular weight excluding hydrogens is 247 g/mol. The van der Waals surface area contributed by atoms with Gasteiger partial charge in [-0.3, -0.25) is 4.52 Å². The Morgan fingerprint density at radius 3 is 2.59 bits per heavy atom.